The molecule has 2 atom stereocenters. The molecule has 8 nitrogen and oxygen atoms in total. The van der Waals surface area contributed by atoms with Gasteiger partial charge in [0.2, 0.25) is 5.09 Å². The molecule has 0 saturated carbocycles. The average Bonchev–Trinajstić information content (AvgIpc) is 3.25. The maximum atomic E-state index is 12.9. The van der Waals surface area contributed by atoms with Crippen molar-refractivity contribution < 1.29 is 22.4 Å². The fourth-order valence-corrected chi connectivity index (χ4v) is 6.51. The largest absolute Gasteiger partial charge is 0.438 e. The number of carbonyl (C=O) groups is 1. The molecule has 3 aliphatic rings. The SMILES string of the molecule is CC1CN(CC2CCN(C(=O)c3ccc(S(=O)(=O)N4CCCCC4)o3)CC2)CC(C)O1. The topological polar surface area (TPSA) is 83.3 Å². The van der Waals surface area contributed by atoms with Gasteiger partial charge in [0, 0.05) is 45.8 Å². The van der Waals surface area contributed by atoms with Gasteiger partial charge in [-0.15, -0.1) is 0 Å². The van der Waals surface area contributed by atoms with E-state index >= 15 is 0 Å². The molecular weight excluding hydrogens is 418 g/mol. The molecule has 1 aromatic rings. The van der Waals surface area contributed by atoms with Crippen LogP contribution in [0.1, 0.15) is 56.5 Å². The monoisotopic (exact) mass is 453 g/mol. The Morgan fingerprint density at radius 1 is 1.00 bits per heavy atom. The molecule has 3 aliphatic heterocycles. The summed E-state index contributed by atoms with van der Waals surface area (Å²) in [7, 11) is -3.66. The number of nitrogens with zero attached hydrogens (tertiary/aromatic N) is 3. The first-order valence-electron chi connectivity index (χ1n) is 11.6. The van der Waals surface area contributed by atoms with Crippen molar-refractivity contribution >= 4 is 15.9 Å². The van der Waals surface area contributed by atoms with Gasteiger partial charge in [-0.25, -0.2) is 8.42 Å². The molecule has 0 bridgehead atoms. The summed E-state index contributed by atoms with van der Waals surface area (Å²) in [5.41, 5.74) is 0. The predicted molar refractivity (Wildman–Crippen MR) is 116 cm³/mol. The number of likely N-dealkylation sites (tertiary alicyclic amines) is 1. The van der Waals surface area contributed by atoms with Crippen molar-refractivity contribution in [2.45, 2.75) is 63.3 Å². The summed E-state index contributed by atoms with van der Waals surface area (Å²) in [5.74, 6) is 0.463. The highest BCUT2D eigenvalue weighted by Gasteiger charge is 2.32. The van der Waals surface area contributed by atoms with Crippen molar-refractivity contribution in [2.24, 2.45) is 5.92 Å². The molecule has 9 heteroatoms. The van der Waals surface area contributed by atoms with Gasteiger partial charge in [0.15, 0.2) is 5.76 Å². The number of carbonyl (C=O) groups excluding carboxylic acids is 1. The van der Waals surface area contributed by atoms with Gasteiger partial charge in [0.1, 0.15) is 0 Å². The van der Waals surface area contributed by atoms with Gasteiger partial charge >= 0.3 is 0 Å². The molecule has 174 valence electrons. The number of morpholine rings is 1. The van der Waals surface area contributed by atoms with Crippen molar-refractivity contribution in [3.05, 3.63) is 17.9 Å². The Kier molecular flexibility index (Phi) is 7.05. The smallest absolute Gasteiger partial charge is 0.289 e. The minimum atomic E-state index is -3.66. The Balaban J connectivity index is 1.31. The first-order valence-corrected chi connectivity index (χ1v) is 13.0. The summed E-state index contributed by atoms with van der Waals surface area (Å²) < 4.78 is 38.4. The summed E-state index contributed by atoms with van der Waals surface area (Å²) >= 11 is 0. The number of amides is 1. The highest BCUT2D eigenvalue weighted by atomic mass is 32.2. The van der Waals surface area contributed by atoms with Crippen molar-refractivity contribution in [1.29, 1.82) is 0 Å². The second kappa shape index (κ2) is 9.60. The van der Waals surface area contributed by atoms with Gasteiger partial charge in [-0.2, -0.15) is 4.31 Å². The summed E-state index contributed by atoms with van der Waals surface area (Å²) in [4.78, 5) is 17.2. The van der Waals surface area contributed by atoms with Crippen LogP contribution >= 0.6 is 0 Å². The molecule has 1 amide bonds. The molecule has 4 rings (SSSR count). The van der Waals surface area contributed by atoms with Crippen LogP contribution in [0.3, 0.4) is 0 Å². The zero-order chi connectivity index (χ0) is 22.0. The lowest BCUT2D eigenvalue weighted by Crippen LogP contribution is -2.48. The van der Waals surface area contributed by atoms with Crippen LogP contribution in [0.5, 0.6) is 0 Å². The van der Waals surface area contributed by atoms with E-state index in [9.17, 15) is 13.2 Å². The van der Waals surface area contributed by atoms with E-state index in [1.165, 1.54) is 16.4 Å². The molecule has 31 heavy (non-hydrogen) atoms. The molecule has 1 aromatic heterocycles. The van der Waals surface area contributed by atoms with Crippen LogP contribution in [-0.4, -0.2) is 86.5 Å². The van der Waals surface area contributed by atoms with E-state index in [0.29, 0.717) is 32.1 Å². The number of furan rings is 1. The highest BCUT2D eigenvalue weighted by Crippen LogP contribution is 2.25. The molecule has 0 N–H and O–H groups in total. The van der Waals surface area contributed by atoms with E-state index in [-0.39, 0.29) is 29.0 Å². The van der Waals surface area contributed by atoms with Gasteiger partial charge in [0.05, 0.1) is 12.2 Å². The number of sulfonamides is 1. The molecule has 3 fully saturated rings. The summed E-state index contributed by atoms with van der Waals surface area (Å²) in [6.07, 6.45) is 5.20. The van der Waals surface area contributed by atoms with Gasteiger partial charge < -0.3 is 14.1 Å². The standard InChI is InChI=1S/C22H35N3O5S/c1-17-14-23(15-18(2)29-17)16-19-8-12-24(13-9-19)22(26)20-6-7-21(30-20)31(27,28)25-10-4-3-5-11-25/h6-7,17-19H,3-5,8-16H2,1-2H3. The third kappa shape index (κ3) is 5.32. The second-order valence-corrected chi connectivity index (χ2v) is 11.2. The molecule has 2 unspecified atom stereocenters. The van der Waals surface area contributed by atoms with Crippen LogP contribution in [0, 0.1) is 5.92 Å². The molecule has 0 radical (unpaired) electrons. The molecular formula is C22H35N3O5S. The Morgan fingerprint density at radius 2 is 1.65 bits per heavy atom. The first-order chi connectivity index (χ1) is 14.8. The van der Waals surface area contributed by atoms with Crippen LogP contribution in [-0.2, 0) is 14.8 Å². The Bertz CT molecular complexity index is 846. The van der Waals surface area contributed by atoms with Crippen molar-refractivity contribution in [2.75, 3.05) is 45.8 Å². The third-order valence-corrected chi connectivity index (χ3v) is 8.39. The van der Waals surface area contributed by atoms with Gasteiger partial charge in [0.25, 0.3) is 15.9 Å². The Labute approximate surface area is 185 Å². The van der Waals surface area contributed by atoms with E-state index in [1.807, 2.05) is 0 Å². The van der Waals surface area contributed by atoms with Gasteiger partial charge in [-0.1, -0.05) is 6.42 Å². The zero-order valence-electron chi connectivity index (χ0n) is 18.7. The number of ether oxygens (including phenoxy) is 1. The Hall–Kier alpha value is -1.42. The zero-order valence-corrected chi connectivity index (χ0v) is 19.5. The van der Waals surface area contributed by atoms with Gasteiger partial charge in [-0.3, -0.25) is 9.69 Å². The maximum absolute atomic E-state index is 12.9. The normalized spacial score (nSPS) is 27.5. The van der Waals surface area contributed by atoms with Crippen LogP contribution in [0.15, 0.2) is 21.6 Å². The summed E-state index contributed by atoms with van der Waals surface area (Å²) in [6.45, 7) is 9.58. The third-order valence-electron chi connectivity index (χ3n) is 6.61. The van der Waals surface area contributed by atoms with E-state index < -0.39 is 10.0 Å². The summed E-state index contributed by atoms with van der Waals surface area (Å²) in [5, 5.41) is -0.122. The lowest BCUT2D eigenvalue weighted by Gasteiger charge is -2.39. The highest BCUT2D eigenvalue weighted by molar-refractivity contribution is 7.89. The lowest BCUT2D eigenvalue weighted by molar-refractivity contribution is -0.0729. The van der Waals surface area contributed by atoms with Crippen LogP contribution in [0.4, 0.5) is 0 Å². The second-order valence-electron chi connectivity index (χ2n) is 9.29. The summed E-state index contributed by atoms with van der Waals surface area (Å²) in [6, 6.07) is 2.92. The fourth-order valence-electron chi connectivity index (χ4n) is 5.08. The average molecular weight is 454 g/mol. The van der Waals surface area contributed by atoms with Crippen molar-refractivity contribution in [3.8, 4) is 0 Å². The minimum absolute atomic E-state index is 0.116. The number of hydrogen-bond acceptors (Lipinski definition) is 6. The minimum Gasteiger partial charge on any atom is -0.438 e. The molecule has 0 aliphatic carbocycles. The van der Waals surface area contributed by atoms with E-state index in [1.54, 1.807) is 4.90 Å². The number of hydrogen-bond donors (Lipinski definition) is 0. The van der Waals surface area contributed by atoms with Crippen LogP contribution in [0.25, 0.3) is 0 Å². The van der Waals surface area contributed by atoms with E-state index in [4.69, 9.17) is 9.15 Å². The van der Waals surface area contributed by atoms with Crippen LogP contribution in [0.2, 0.25) is 0 Å². The predicted octanol–water partition coefficient (Wildman–Crippen LogP) is 2.42. The maximum Gasteiger partial charge on any atom is 0.289 e. The molecule has 0 spiro atoms. The number of piperidine rings is 2. The number of rotatable bonds is 5. The van der Waals surface area contributed by atoms with Crippen LogP contribution < -0.4 is 0 Å². The Morgan fingerprint density at radius 3 is 2.29 bits per heavy atom. The molecule has 4 heterocycles. The quantitative estimate of drug-likeness (QED) is 0.681. The fraction of sp³-hybridized carbons (Fsp3) is 0.773. The first kappa shape index (κ1) is 22.8. The lowest BCUT2D eigenvalue weighted by atomic mass is 9.95. The van der Waals surface area contributed by atoms with Crippen molar-refractivity contribution in [3.63, 3.8) is 0 Å². The van der Waals surface area contributed by atoms with Gasteiger partial charge in [-0.05, 0) is 57.6 Å². The molecule has 0 aromatic carbocycles. The van der Waals surface area contributed by atoms with E-state index in [0.717, 1.165) is 51.7 Å². The molecule has 3 saturated heterocycles. The van der Waals surface area contributed by atoms with E-state index in [2.05, 4.69) is 18.7 Å². The van der Waals surface area contributed by atoms with Crippen molar-refractivity contribution in [1.82, 2.24) is 14.1 Å².